The Morgan fingerprint density at radius 2 is 1.66 bits per heavy atom. The van der Waals surface area contributed by atoms with Crippen LogP contribution >= 0.6 is 0 Å². The molecule has 0 spiro atoms. The molecule has 0 saturated carbocycles. The van der Waals surface area contributed by atoms with E-state index in [4.69, 9.17) is 4.98 Å². The van der Waals surface area contributed by atoms with Crippen molar-refractivity contribution in [3.8, 4) is 22.5 Å². The number of amides is 1. The molecule has 2 aliphatic rings. The SMILES string of the molecule is O=C1C=Cc2c1cccc2C(=O)NC1c2ccccc2-c2c(-c3nc4ccncc4[nH]3)cccc21. The molecule has 1 amide bonds. The van der Waals surface area contributed by atoms with E-state index in [1.54, 1.807) is 36.7 Å². The summed E-state index contributed by atoms with van der Waals surface area (Å²) >= 11 is 0. The van der Waals surface area contributed by atoms with Gasteiger partial charge in [-0.15, -0.1) is 0 Å². The second kappa shape index (κ2) is 7.33. The fourth-order valence-electron chi connectivity index (χ4n) is 5.21. The molecule has 6 heteroatoms. The van der Waals surface area contributed by atoms with Gasteiger partial charge in [0.15, 0.2) is 5.78 Å². The number of benzene rings is 3. The Bertz CT molecular complexity index is 1700. The van der Waals surface area contributed by atoms with Crippen LogP contribution in [0.4, 0.5) is 0 Å². The van der Waals surface area contributed by atoms with E-state index >= 15 is 0 Å². The monoisotopic (exact) mass is 454 g/mol. The van der Waals surface area contributed by atoms with E-state index in [-0.39, 0.29) is 17.7 Å². The number of ketones is 1. The number of aromatic nitrogens is 3. The zero-order chi connectivity index (χ0) is 23.5. The third-order valence-electron chi connectivity index (χ3n) is 6.78. The smallest absolute Gasteiger partial charge is 0.252 e. The van der Waals surface area contributed by atoms with E-state index in [0.717, 1.165) is 44.7 Å². The van der Waals surface area contributed by atoms with Gasteiger partial charge in [-0.1, -0.05) is 54.6 Å². The summed E-state index contributed by atoms with van der Waals surface area (Å²) in [6, 6.07) is 21.0. The van der Waals surface area contributed by atoms with Crippen molar-refractivity contribution >= 4 is 28.8 Å². The first kappa shape index (κ1) is 19.6. The Hall–Kier alpha value is -4.84. The lowest BCUT2D eigenvalue weighted by Crippen LogP contribution is -2.28. The number of rotatable bonds is 3. The maximum Gasteiger partial charge on any atom is 0.252 e. The van der Waals surface area contributed by atoms with Crippen molar-refractivity contribution in [2.75, 3.05) is 0 Å². The summed E-state index contributed by atoms with van der Waals surface area (Å²) in [5, 5.41) is 3.23. The topological polar surface area (TPSA) is 87.7 Å². The molecule has 2 heterocycles. The number of nitrogens with zero attached hydrogens (tertiary/aromatic N) is 2. The van der Waals surface area contributed by atoms with Gasteiger partial charge in [-0.3, -0.25) is 14.6 Å². The van der Waals surface area contributed by atoms with Gasteiger partial charge in [0, 0.05) is 22.9 Å². The number of hydrogen-bond donors (Lipinski definition) is 2. The molecule has 7 rings (SSSR count). The molecule has 0 radical (unpaired) electrons. The average molecular weight is 454 g/mol. The number of carbonyl (C=O) groups is 2. The van der Waals surface area contributed by atoms with Gasteiger partial charge in [-0.25, -0.2) is 4.98 Å². The van der Waals surface area contributed by atoms with Crippen LogP contribution in [0.15, 0.2) is 85.2 Å². The highest BCUT2D eigenvalue weighted by Gasteiger charge is 2.33. The van der Waals surface area contributed by atoms with E-state index < -0.39 is 0 Å². The molecule has 0 fully saturated rings. The number of H-pyrrole nitrogens is 1. The van der Waals surface area contributed by atoms with Crippen LogP contribution in [0.3, 0.4) is 0 Å². The van der Waals surface area contributed by atoms with Gasteiger partial charge < -0.3 is 10.3 Å². The summed E-state index contributed by atoms with van der Waals surface area (Å²) in [4.78, 5) is 38.0. The van der Waals surface area contributed by atoms with E-state index in [9.17, 15) is 9.59 Å². The van der Waals surface area contributed by atoms with Gasteiger partial charge in [0.05, 0.1) is 23.3 Å². The first-order valence-electron chi connectivity index (χ1n) is 11.4. The Kier molecular flexibility index (Phi) is 4.11. The van der Waals surface area contributed by atoms with Gasteiger partial charge in [0.1, 0.15) is 5.82 Å². The molecule has 0 saturated heterocycles. The second-order valence-electron chi connectivity index (χ2n) is 8.71. The molecule has 35 heavy (non-hydrogen) atoms. The summed E-state index contributed by atoms with van der Waals surface area (Å²) in [6.45, 7) is 0. The van der Waals surface area contributed by atoms with Crippen LogP contribution in [0, 0.1) is 0 Å². The zero-order valence-corrected chi connectivity index (χ0v) is 18.4. The van der Waals surface area contributed by atoms with Gasteiger partial charge in [-0.05, 0) is 52.1 Å². The molecule has 2 aliphatic carbocycles. The maximum atomic E-state index is 13.5. The van der Waals surface area contributed by atoms with Gasteiger partial charge >= 0.3 is 0 Å². The second-order valence-corrected chi connectivity index (χ2v) is 8.71. The summed E-state index contributed by atoms with van der Waals surface area (Å²) in [6.07, 6.45) is 6.73. The number of imidazole rings is 1. The van der Waals surface area contributed by atoms with Crippen molar-refractivity contribution in [2.24, 2.45) is 0 Å². The molecule has 2 aromatic heterocycles. The molecule has 1 unspecified atom stereocenters. The fraction of sp³-hybridized carbons (Fsp3) is 0.0345. The van der Waals surface area contributed by atoms with E-state index in [0.29, 0.717) is 16.7 Å². The summed E-state index contributed by atoms with van der Waals surface area (Å²) in [5.41, 5.74) is 8.58. The molecule has 0 aliphatic heterocycles. The van der Waals surface area contributed by atoms with Crippen LogP contribution in [0.2, 0.25) is 0 Å². The number of allylic oxidation sites excluding steroid dienone is 1. The first-order chi connectivity index (χ1) is 17.2. The number of nitrogens with one attached hydrogen (secondary N) is 2. The number of fused-ring (bicyclic) bond motifs is 5. The maximum absolute atomic E-state index is 13.5. The Balaban J connectivity index is 1.35. The van der Waals surface area contributed by atoms with Crippen LogP contribution in [0.25, 0.3) is 39.6 Å². The van der Waals surface area contributed by atoms with Crippen LogP contribution in [0.1, 0.15) is 43.4 Å². The Morgan fingerprint density at radius 1 is 0.857 bits per heavy atom. The molecular weight excluding hydrogens is 436 g/mol. The fourth-order valence-corrected chi connectivity index (χ4v) is 5.21. The minimum absolute atomic E-state index is 0.0723. The van der Waals surface area contributed by atoms with E-state index in [1.807, 2.05) is 42.5 Å². The third kappa shape index (κ3) is 2.90. The van der Waals surface area contributed by atoms with Crippen molar-refractivity contribution < 1.29 is 9.59 Å². The van der Waals surface area contributed by atoms with Crippen molar-refractivity contribution in [1.82, 2.24) is 20.3 Å². The minimum Gasteiger partial charge on any atom is -0.341 e. The van der Waals surface area contributed by atoms with E-state index in [2.05, 4.69) is 21.4 Å². The van der Waals surface area contributed by atoms with Crippen LogP contribution in [-0.2, 0) is 0 Å². The Labute approximate surface area is 200 Å². The molecule has 1 atom stereocenters. The van der Waals surface area contributed by atoms with Gasteiger partial charge in [0.25, 0.3) is 5.91 Å². The minimum atomic E-state index is -0.323. The third-order valence-corrected chi connectivity index (χ3v) is 6.78. The highest BCUT2D eigenvalue weighted by Crippen LogP contribution is 2.47. The average Bonchev–Trinajstić information content (AvgIpc) is 3.58. The number of aromatic amines is 1. The molecule has 3 aromatic carbocycles. The first-order valence-corrected chi connectivity index (χ1v) is 11.4. The van der Waals surface area contributed by atoms with Gasteiger partial charge in [-0.2, -0.15) is 0 Å². The highest BCUT2D eigenvalue weighted by atomic mass is 16.1. The predicted octanol–water partition coefficient (Wildman–Crippen LogP) is 5.33. The van der Waals surface area contributed by atoms with Crippen molar-refractivity contribution in [3.63, 3.8) is 0 Å². The van der Waals surface area contributed by atoms with Crippen molar-refractivity contribution in [3.05, 3.63) is 113 Å². The van der Waals surface area contributed by atoms with Crippen molar-refractivity contribution in [1.29, 1.82) is 0 Å². The standard InChI is InChI=1S/C29H18N4O2/c34-25-12-11-16-17(25)7-3-8-20(16)29(35)33-27-19-6-2-1-5-18(19)26-21(27)9-4-10-22(26)28-31-23-13-14-30-15-24(23)32-28/h1-15,27H,(H,31,32)(H,33,35). The largest absolute Gasteiger partial charge is 0.341 e. The van der Waals surface area contributed by atoms with Crippen LogP contribution in [0.5, 0.6) is 0 Å². The lowest BCUT2D eigenvalue weighted by molar-refractivity contribution is 0.0943. The zero-order valence-electron chi connectivity index (χ0n) is 18.4. The molecule has 6 nitrogen and oxygen atoms in total. The lowest BCUT2D eigenvalue weighted by atomic mass is 9.98. The molecule has 2 N–H and O–H groups in total. The summed E-state index contributed by atoms with van der Waals surface area (Å²) in [7, 11) is 0. The number of hydrogen-bond acceptors (Lipinski definition) is 4. The van der Waals surface area contributed by atoms with Crippen LogP contribution < -0.4 is 5.32 Å². The Morgan fingerprint density at radius 3 is 2.57 bits per heavy atom. The predicted molar refractivity (Wildman–Crippen MR) is 134 cm³/mol. The molecule has 0 bridgehead atoms. The highest BCUT2D eigenvalue weighted by molar-refractivity contribution is 6.16. The lowest BCUT2D eigenvalue weighted by Gasteiger charge is -2.17. The summed E-state index contributed by atoms with van der Waals surface area (Å²) in [5.74, 6) is 0.474. The van der Waals surface area contributed by atoms with E-state index in [1.165, 1.54) is 6.08 Å². The molecule has 5 aromatic rings. The van der Waals surface area contributed by atoms with Crippen LogP contribution in [-0.4, -0.2) is 26.6 Å². The summed E-state index contributed by atoms with van der Waals surface area (Å²) < 4.78 is 0. The number of carbonyl (C=O) groups excluding carboxylic acids is 2. The van der Waals surface area contributed by atoms with Crippen molar-refractivity contribution in [2.45, 2.75) is 6.04 Å². The normalized spacial score (nSPS) is 15.2. The van der Waals surface area contributed by atoms with Gasteiger partial charge in [0.2, 0.25) is 0 Å². The number of pyridine rings is 1. The molecule has 166 valence electrons. The molecular formula is C29H18N4O2. The quantitative estimate of drug-likeness (QED) is 0.386.